The van der Waals surface area contributed by atoms with Crippen molar-refractivity contribution in [2.45, 2.75) is 25.5 Å². The van der Waals surface area contributed by atoms with Crippen molar-refractivity contribution in [3.05, 3.63) is 60.2 Å². The molecule has 6 nitrogen and oxygen atoms in total. The van der Waals surface area contributed by atoms with Crippen LogP contribution < -0.4 is 5.32 Å². The van der Waals surface area contributed by atoms with Crippen molar-refractivity contribution in [1.82, 2.24) is 15.3 Å². The van der Waals surface area contributed by atoms with E-state index in [0.717, 1.165) is 27.7 Å². The summed E-state index contributed by atoms with van der Waals surface area (Å²) < 4.78 is 5.21. The number of carbonyl (C=O) groups excluding carboxylic acids is 1. The summed E-state index contributed by atoms with van der Waals surface area (Å²) in [5, 5.41) is 14.9. The third-order valence-corrected chi connectivity index (χ3v) is 4.88. The largest absolute Gasteiger partial charge is 0.389 e. The van der Waals surface area contributed by atoms with Crippen LogP contribution in [0.1, 0.15) is 22.6 Å². The first-order chi connectivity index (χ1) is 13.1. The van der Waals surface area contributed by atoms with Gasteiger partial charge >= 0.3 is 0 Å². The van der Waals surface area contributed by atoms with Gasteiger partial charge in [0.2, 0.25) is 0 Å². The van der Waals surface area contributed by atoms with Crippen LogP contribution in [0.15, 0.2) is 48.8 Å². The minimum atomic E-state index is -0.670. The monoisotopic (exact) mass is 363 g/mol. The van der Waals surface area contributed by atoms with Crippen molar-refractivity contribution < 1.29 is 14.6 Å². The lowest BCUT2D eigenvalue weighted by Crippen LogP contribution is -2.48. The van der Waals surface area contributed by atoms with E-state index in [2.05, 4.69) is 15.3 Å². The Balaban J connectivity index is 1.63. The second kappa shape index (κ2) is 7.42. The van der Waals surface area contributed by atoms with Crippen LogP contribution in [0.4, 0.5) is 0 Å². The molecule has 1 aliphatic rings. The number of aliphatic hydroxyl groups excluding tert-OH is 1. The first kappa shape index (κ1) is 17.6. The molecule has 27 heavy (non-hydrogen) atoms. The van der Waals surface area contributed by atoms with Crippen molar-refractivity contribution in [1.29, 1.82) is 0 Å². The summed E-state index contributed by atoms with van der Waals surface area (Å²) in [4.78, 5) is 21.2. The van der Waals surface area contributed by atoms with Crippen LogP contribution in [-0.2, 0) is 4.74 Å². The summed E-state index contributed by atoms with van der Waals surface area (Å²) >= 11 is 0. The SMILES string of the molecule is Cc1ncc(-c2cccc3cc(C(=O)N[C@H]4CCOC[C@@H]4O)ccc23)cn1. The number of aryl methyl sites for hydroxylation is 1. The van der Waals surface area contributed by atoms with Crippen LogP contribution in [-0.4, -0.2) is 46.3 Å². The van der Waals surface area contributed by atoms with Crippen molar-refractivity contribution in [2.75, 3.05) is 13.2 Å². The minimum absolute atomic E-state index is 0.188. The van der Waals surface area contributed by atoms with Crippen molar-refractivity contribution in [3.8, 4) is 11.1 Å². The zero-order chi connectivity index (χ0) is 18.8. The second-order valence-electron chi connectivity index (χ2n) is 6.77. The Morgan fingerprint density at radius 3 is 2.81 bits per heavy atom. The Kier molecular flexibility index (Phi) is 4.83. The molecule has 0 aliphatic carbocycles. The first-order valence-corrected chi connectivity index (χ1v) is 9.00. The Morgan fingerprint density at radius 2 is 2.04 bits per heavy atom. The quantitative estimate of drug-likeness (QED) is 0.747. The molecule has 1 aromatic heterocycles. The number of nitrogens with one attached hydrogen (secondary N) is 1. The normalized spacial score (nSPS) is 19.8. The summed E-state index contributed by atoms with van der Waals surface area (Å²) in [5.41, 5.74) is 2.53. The van der Waals surface area contributed by atoms with Crippen molar-refractivity contribution >= 4 is 16.7 Å². The van der Waals surface area contributed by atoms with Crippen LogP contribution in [0.25, 0.3) is 21.9 Å². The molecule has 0 radical (unpaired) electrons. The van der Waals surface area contributed by atoms with Crippen LogP contribution >= 0.6 is 0 Å². The number of aliphatic hydroxyl groups is 1. The van der Waals surface area contributed by atoms with Gasteiger partial charge in [-0.05, 0) is 41.8 Å². The Labute approximate surface area is 157 Å². The smallest absolute Gasteiger partial charge is 0.251 e. The van der Waals surface area contributed by atoms with E-state index in [4.69, 9.17) is 4.74 Å². The molecule has 2 aromatic carbocycles. The van der Waals surface area contributed by atoms with Gasteiger partial charge in [-0.3, -0.25) is 4.79 Å². The molecule has 3 aromatic rings. The molecule has 0 spiro atoms. The van der Waals surface area contributed by atoms with Gasteiger partial charge in [0.05, 0.1) is 18.8 Å². The first-order valence-electron chi connectivity index (χ1n) is 9.00. The van der Waals surface area contributed by atoms with E-state index in [1.54, 1.807) is 0 Å². The van der Waals surface area contributed by atoms with Gasteiger partial charge in [-0.15, -0.1) is 0 Å². The lowest BCUT2D eigenvalue weighted by atomic mass is 9.98. The number of amides is 1. The van der Waals surface area contributed by atoms with Gasteiger partial charge in [0.25, 0.3) is 5.91 Å². The summed E-state index contributed by atoms with van der Waals surface area (Å²) in [6.45, 7) is 2.65. The molecule has 1 fully saturated rings. The topological polar surface area (TPSA) is 84.3 Å². The van der Waals surface area contributed by atoms with Gasteiger partial charge in [-0.1, -0.05) is 24.3 Å². The van der Waals surface area contributed by atoms with E-state index < -0.39 is 6.10 Å². The number of ether oxygens (including phenoxy) is 1. The van der Waals surface area contributed by atoms with Crippen molar-refractivity contribution in [2.24, 2.45) is 0 Å². The highest BCUT2D eigenvalue weighted by molar-refractivity contribution is 6.02. The Morgan fingerprint density at radius 1 is 1.22 bits per heavy atom. The third-order valence-electron chi connectivity index (χ3n) is 4.88. The molecule has 4 rings (SSSR count). The van der Waals surface area contributed by atoms with Gasteiger partial charge in [0.1, 0.15) is 5.82 Å². The van der Waals surface area contributed by atoms with Crippen LogP contribution in [0, 0.1) is 6.92 Å². The average Bonchev–Trinajstić information content (AvgIpc) is 2.69. The zero-order valence-corrected chi connectivity index (χ0v) is 15.1. The molecule has 1 aliphatic heterocycles. The zero-order valence-electron chi connectivity index (χ0n) is 15.1. The highest BCUT2D eigenvalue weighted by Gasteiger charge is 2.25. The number of hydrogen-bond donors (Lipinski definition) is 2. The number of rotatable bonds is 3. The van der Waals surface area contributed by atoms with Crippen LogP contribution in [0.2, 0.25) is 0 Å². The maximum Gasteiger partial charge on any atom is 0.251 e. The van der Waals surface area contributed by atoms with Gasteiger partial charge < -0.3 is 15.2 Å². The Bertz CT molecular complexity index is 972. The van der Waals surface area contributed by atoms with Crippen LogP contribution in [0.5, 0.6) is 0 Å². The number of hydrogen-bond acceptors (Lipinski definition) is 5. The third kappa shape index (κ3) is 3.67. The fourth-order valence-corrected chi connectivity index (χ4v) is 3.35. The Hall–Kier alpha value is -2.83. The van der Waals surface area contributed by atoms with Gasteiger partial charge in [0.15, 0.2) is 0 Å². The average molecular weight is 363 g/mol. The highest BCUT2D eigenvalue weighted by Crippen LogP contribution is 2.28. The molecule has 0 unspecified atom stereocenters. The number of nitrogens with zero attached hydrogens (tertiary/aromatic N) is 2. The summed E-state index contributed by atoms with van der Waals surface area (Å²) in [5.74, 6) is 0.542. The number of benzene rings is 2. The molecule has 2 heterocycles. The molecular weight excluding hydrogens is 342 g/mol. The van der Waals surface area contributed by atoms with Gasteiger partial charge in [-0.25, -0.2) is 9.97 Å². The molecule has 0 bridgehead atoms. The van der Waals surface area contributed by atoms with Crippen LogP contribution in [0.3, 0.4) is 0 Å². The van der Waals surface area contributed by atoms with Gasteiger partial charge in [0, 0.05) is 30.1 Å². The fourth-order valence-electron chi connectivity index (χ4n) is 3.35. The predicted octanol–water partition coefficient (Wildman–Crippen LogP) is 2.48. The maximum absolute atomic E-state index is 12.6. The molecule has 2 atom stereocenters. The highest BCUT2D eigenvalue weighted by atomic mass is 16.5. The molecule has 138 valence electrons. The molecular formula is C21H21N3O3. The molecule has 1 saturated heterocycles. The number of fused-ring (bicyclic) bond motifs is 1. The number of carbonyl (C=O) groups is 1. The molecule has 0 saturated carbocycles. The number of aromatic nitrogens is 2. The lowest BCUT2D eigenvalue weighted by Gasteiger charge is -2.28. The molecule has 2 N–H and O–H groups in total. The van der Waals surface area contributed by atoms with E-state index in [1.165, 1.54) is 0 Å². The van der Waals surface area contributed by atoms with Gasteiger partial charge in [-0.2, -0.15) is 0 Å². The summed E-state index contributed by atoms with van der Waals surface area (Å²) in [6.07, 6.45) is 3.56. The summed E-state index contributed by atoms with van der Waals surface area (Å²) in [7, 11) is 0. The minimum Gasteiger partial charge on any atom is -0.389 e. The van der Waals surface area contributed by atoms with E-state index >= 15 is 0 Å². The van der Waals surface area contributed by atoms with E-state index in [-0.39, 0.29) is 18.6 Å². The van der Waals surface area contributed by atoms with E-state index in [9.17, 15) is 9.90 Å². The maximum atomic E-state index is 12.6. The van der Waals surface area contributed by atoms with E-state index in [0.29, 0.717) is 18.6 Å². The van der Waals surface area contributed by atoms with E-state index in [1.807, 2.05) is 55.7 Å². The standard InChI is InChI=1S/C21H21N3O3/c1-13-22-10-16(11-23-13)17-4-2-3-14-9-15(5-6-18(14)17)21(26)24-19-7-8-27-12-20(19)25/h2-6,9-11,19-20,25H,7-8,12H2,1H3,(H,24,26)/t19-,20-/m0/s1. The van der Waals surface area contributed by atoms with Crippen molar-refractivity contribution in [3.63, 3.8) is 0 Å². The molecule has 6 heteroatoms. The second-order valence-corrected chi connectivity index (χ2v) is 6.77. The predicted molar refractivity (Wildman–Crippen MR) is 102 cm³/mol. The lowest BCUT2D eigenvalue weighted by molar-refractivity contribution is -0.0260. The molecule has 1 amide bonds. The fraction of sp³-hybridized carbons (Fsp3) is 0.286. The summed E-state index contributed by atoms with van der Waals surface area (Å²) in [6, 6.07) is 11.3.